The minimum atomic E-state index is -0.338. The molecule has 1 heterocycles. The average Bonchev–Trinajstić information content (AvgIpc) is 2.98. The molecule has 2 N–H and O–H groups in total. The second-order valence-corrected chi connectivity index (χ2v) is 5.50. The summed E-state index contributed by atoms with van der Waals surface area (Å²) in [5, 5.41) is 12.7. The van der Waals surface area contributed by atoms with Gasteiger partial charge in [0.1, 0.15) is 0 Å². The van der Waals surface area contributed by atoms with Crippen LogP contribution >= 0.6 is 11.3 Å². The predicted molar refractivity (Wildman–Crippen MR) is 68.0 cm³/mol. The van der Waals surface area contributed by atoms with Crippen LogP contribution in [0.5, 0.6) is 0 Å². The van der Waals surface area contributed by atoms with E-state index >= 15 is 0 Å². The Labute approximate surface area is 104 Å². The van der Waals surface area contributed by atoms with Crippen LogP contribution in [0, 0.1) is 16.0 Å². The number of thiophene rings is 1. The van der Waals surface area contributed by atoms with E-state index in [1.54, 1.807) is 6.07 Å². The third kappa shape index (κ3) is 3.02. The van der Waals surface area contributed by atoms with Crippen LogP contribution in [-0.2, 0) is 6.54 Å². The summed E-state index contributed by atoms with van der Waals surface area (Å²) in [7, 11) is 2.04. The van der Waals surface area contributed by atoms with Gasteiger partial charge in [-0.3, -0.25) is 15.0 Å². The molecule has 1 aromatic heterocycles. The van der Waals surface area contributed by atoms with Crippen LogP contribution in [0.25, 0.3) is 0 Å². The first-order chi connectivity index (χ1) is 8.11. The molecule has 0 saturated heterocycles. The van der Waals surface area contributed by atoms with Crippen molar-refractivity contribution in [3.8, 4) is 0 Å². The van der Waals surface area contributed by atoms with E-state index < -0.39 is 0 Å². The van der Waals surface area contributed by atoms with E-state index in [1.807, 2.05) is 12.4 Å². The van der Waals surface area contributed by atoms with Crippen molar-refractivity contribution < 1.29 is 4.92 Å². The Hall–Kier alpha value is -0.980. The Bertz CT molecular complexity index is 403. The first-order valence-corrected chi connectivity index (χ1v) is 6.62. The highest BCUT2D eigenvalue weighted by Gasteiger charge is 2.32. The molecule has 0 spiro atoms. The second kappa shape index (κ2) is 5.12. The van der Waals surface area contributed by atoms with E-state index in [2.05, 4.69) is 4.90 Å². The molecule has 1 unspecified atom stereocenters. The van der Waals surface area contributed by atoms with E-state index in [0.29, 0.717) is 12.6 Å². The van der Waals surface area contributed by atoms with Crippen molar-refractivity contribution in [1.29, 1.82) is 0 Å². The highest BCUT2D eigenvalue weighted by Crippen LogP contribution is 2.35. The van der Waals surface area contributed by atoms with Gasteiger partial charge in [0.15, 0.2) is 0 Å². The molecule has 0 aliphatic heterocycles. The van der Waals surface area contributed by atoms with Crippen LogP contribution < -0.4 is 5.73 Å². The van der Waals surface area contributed by atoms with Gasteiger partial charge in [0.05, 0.1) is 4.92 Å². The number of nitrogens with two attached hydrogens (primary N) is 1. The topological polar surface area (TPSA) is 72.4 Å². The first-order valence-electron chi connectivity index (χ1n) is 5.74. The number of rotatable bonds is 6. The monoisotopic (exact) mass is 255 g/mol. The SMILES string of the molecule is CN(Cc1csc([N+](=O)[O-])c1)C(CN)C1CC1. The van der Waals surface area contributed by atoms with Crippen molar-refractivity contribution >= 4 is 16.3 Å². The van der Waals surface area contributed by atoms with Crippen molar-refractivity contribution in [1.82, 2.24) is 4.90 Å². The van der Waals surface area contributed by atoms with Gasteiger partial charge < -0.3 is 5.73 Å². The lowest BCUT2D eigenvalue weighted by molar-refractivity contribution is -0.380. The maximum absolute atomic E-state index is 10.6. The van der Waals surface area contributed by atoms with Gasteiger partial charge >= 0.3 is 5.00 Å². The van der Waals surface area contributed by atoms with Gasteiger partial charge in [0.25, 0.3) is 0 Å². The van der Waals surface area contributed by atoms with Crippen LogP contribution in [0.3, 0.4) is 0 Å². The summed E-state index contributed by atoms with van der Waals surface area (Å²) < 4.78 is 0. The number of hydrogen-bond donors (Lipinski definition) is 1. The molecule has 0 radical (unpaired) electrons. The maximum Gasteiger partial charge on any atom is 0.324 e. The Morgan fingerprint density at radius 1 is 1.71 bits per heavy atom. The number of nitrogens with zero attached hydrogens (tertiary/aromatic N) is 2. The Morgan fingerprint density at radius 3 is 2.88 bits per heavy atom. The summed E-state index contributed by atoms with van der Waals surface area (Å²) in [6.45, 7) is 1.40. The lowest BCUT2D eigenvalue weighted by Gasteiger charge is -2.26. The molecule has 0 aromatic carbocycles. The molecule has 5 nitrogen and oxygen atoms in total. The average molecular weight is 255 g/mol. The molecule has 1 aliphatic rings. The third-order valence-corrected chi connectivity index (χ3v) is 4.15. The molecular weight excluding hydrogens is 238 g/mol. The zero-order valence-corrected chi connectivity index (χ0v) is 10.7. The molecule has 6 heteroatoms. The van der Waals surface area contributed by atoms with Crippen molar-refractivity contribution in [2.45, 2.75) is 25.4 Å². The molecule has 0 amide bonds. The summed E-state index contributed by atoms with van der Waals surface area (Å²) in [6.07, 6.45) is 2.52. The highest BCUT2D eigenvalue weighted by atomic mass is 32.1. The van der Waals surface area contributed by atoms with Crippen LogP contribution in [0.1, 0.15) is 18.4 Å². The van der Waals surface area contributed by atoms with Crippen LogP contribution in [0.2, 0.25) is 0 Å². The molecule has 1 saturated carbocycles. The summed E-state index contributed by atoms with van der Waals surface area (Å²) >= 11 is 1.19. The van der Waals surface area contributed by atoms with E-state index in [0.717, 1.165) is 18.0 Å². The number of nitro groups is 1. The normalized spacial score (nSPS) is 17.4. The Balaban J connectivity index is 1.96. The highest BCUT2D eigenvalue weighted by molar-refractivity contribution is 7.13. The Morgan fingerprint density at radius 2 is 2.41 bits per heavy atom. The van der Waals surface area contributed by atoms with Crippen LogP contribution in [-0.4, -0.2) is 29.5 Å². The van der Waals surface area contributed by atoms with E-state index in [-0.39, 0.29) is 9.92 Å². The van der Waals surface area contributed by atoms with Gasteiger partial charge in [-0.25, -0.2) is 0 Å². The molecule has 2 rings (SSSR count). The minimum absolute atomic E-state index is 0.212. The predicted octanol–water partition coefficient (Wildman–Crippen LogP) is 1.83. The molecule has 1 aliphatic carbocycles. The molecule has 1 aromatic rings. The second-order valence-electron chi connectivity index (χ2n) is 4.61. The third-order valence-electron chi connectivity index (χ3n) is 3.23. The van der Waals surface area contributed by atoms with Crippen LogP contribution in [0.15, 0.2) is 11.4 Å². The van der Waals surface area contributed by atoms with E-state index in [1.165, 1.54) is 24.2 Å². The van der Waals surface area contributed by atoms with E-state index in [9.17, 15) is 10.1 Å². The summed E-state index contributed by atoms with van der Waals surface area (Å²) in [6, 6.07) is 2.07. The largest absolute Gasteiger partial charge is 0.329 e. The molecule has 94 valence electrons. The van der Waals surface area contributed by atoms with Crippen molar-refractivity contribution in [3.05, 3.63) is 27.1 Å². The number of hydrogen-bond acceptors (Lipinski definition) is 5. The van der Waals surface area contributed by atoms with Gasteiger partial charge in [0.2, 0.25) is 0 Å². The summed E-state index contributed by atoms with van der Waals surface area (Å²) in [5.41, 5.74) is 6.78. The smallest absolute Gasteiger partial charge is 0.324 e. The Kier molecular flexibility index (Phi) is 3.76. The minimum Gasteiger partial charge on any atom is -0.329 e. The number of likely N-dealkylation sites (N-methyl/N-ethyl adjacent to an activating group) is 1. The van der Waals surface area contributed by atoms with Crippen molar-refractivity contribution in [2.24, 2.45) is 11.7 Å². The summed E-state index contributed by atoms with van der Waals surface area (Å²) in [4.78, 5) is 12.5. The zero-order valence-electron chi connectivity index (χ0n) is 9.83. The van der Waals surface area contributed by atoms with Gasteiger partial charge in [-0.05, 0) is 31.4 Å². The molecule has 1 fully saturated rings. The van der Waals surface area contributed by atoms with Crippen molar-refractivity contribution in [3.63, 3.8) is 0 Å². The standard InChI is InChI=1S/C11H17N3O2S/c1-13(10(5-12)9-2-3-9)6-8-4-11(14(15)16)17-7-8/h4,7,9-10H,2-3,5-6,12H2,1H3. The lowest BCUT2D eigenvalue weighted by Crippen LogP contribution is -2.39. The zero-order chi connectivity index (χ0) is 12.4. The fourth-order valence-electron chi connectivity index (χ4n) is 2.16. The van der Waals surface area contributed by atoms with E-state index in [4.69, 9.17) is 5.73 Å². The molecule has 1 atom stereocenters. The molecule has 0 bridgehead atoms. The molecule has 17 heavy (non-hydrogen) atoms. The lowest BCUT2D eigenvalue weighted by atomic mass is 10.1. The fraction of sp³-hybridized carbons (Fsp3) is 0.636. The van der Waals surface area contributed by atoms with Crippen molar-refractivity contribution in [2.75, 3.05) is 13.6 Å². The fourth-order valence-corrected chi connectivity index (χ4v) is 2.88. The molecular formula is C11H17N3O2S. The van der Waals surface area contributed by atoms with Crippen LogP contribution in [0.4, 0.5) is 5.00 Å². The maximum atomic E-state index is 10.6. The quantitative estimate of drug-likeness (QED) is 0.621. The summed E-state index contributed by atoms with van der Waals surface area (Å²) in [5.74, 6) is 0.721. The van der Waals surface area contributed by atoms with Gasteiger partial charge in [-0.2, -0.15) is 0 Å². The van der Waals surface area contributed by atoms with Gasteiger partial charge in [0, 0.05) is 30.6 Å². The first kappa shape index (κ1) is 12.5. The van der Waals surface area contributed by atoms with Gasteiger partial charge in [-0.1, -0.05) is 11.3 Å². The van der Waals surface area contributed by atoms with Gasteiger partial charge in [-0.15, -0.1) is 0 Å².